The summed E-state index contributed by atoms with van der Waals surface area (Å²) in [4.78, 5) is 4.40. The summed E-state index contributed by atoms with van der Waals surface area (Å²) in [6.45, 7) is 4.16. The van der Waals surface area contributed by atoms with Gasteiger partial charge in [-0.2, -0.15) is 0 Å². The smallest absolute Gasteiger partial charge is 0.141 e. The van der Waals surface area contributed by atoms with Crippen molar-refractivity contribution in [1.29, 1.82) is 0 Å². The van der Waals surface area contributed by atoms with Gasteiger partial charge in [0.15, 0.2) is 0 Å². The molecule has 3 heteroatoms. The quantitative estimate of drug-likeness (QED) is 0.706. The topological polar surface area (TPSA) is 37.5 Å². The molecular formula is C19H18N2O. The molecule has 22 heavy (non-hydrogen) atoms. The van der Waals surface area contributed by atoms with E-state index < -0.39 is 0 Å². The fourth-order valence-corrected chi connectivity index (χ4v) is 2.61. The first-order chi connectivity index (χ1) is 10.7. The van der Waals surface area contributed by atoms with Crippen molar-refractivity contribution in [2.24, 2.45) is 4.99 Å². The number of phenols is 1. The number of phenolic OH excluding ortho intramolecular Hbond substituents is 1. The predicted octanol–water partition coefficient (Wildman–Crippen LogP) is 4.55. The van der Waals surface area contributed by atoms with Crippen LogP contribution in [0, 0.1) is 13.8 Å². The molecule has 0 radical (unpaired) electrons. The van der Waals surface area contributed by atoms with E-state index in [0.717, 1.165) is 22.6 Å². The lowest BCUT2D eigenvalue weighted by Gasteiger charge is -2.08. The van der Waals surface area contributed by atoms with Crippen LogP contribution < -0.4 is 0 Å². The first-order valence-corrected chi connectivity index (χ1v) is 7.23. The summed E-state index contributed by atoms with van der Waals surface area (Å²) in [7, 11) is 0. The maximum Gasteiger partial charge on any atom is 0.141 e. The minimum atomic E-state index is 0.190. The lowest BCUT2D eigenvalue weighted by Crippen LogP contribution is -1.98. The third-order valence-corrected chi connectivity index (χ3v) is 3.71. The lowest BCUT2D eigenvalue weighted by molar-refractivity contribution is 0.477. The van der Waals surface area contributed by atoms with Gasteiger partial charge in [0.2, 0.25) is 0 Å². The molecule has 110 valence electrons. The zero-order valence-electron chi connectivity index (χ0n) is 12.7. The number of rotatable bonds is 3. The number of hydrogen-bond donors (Lipinski definition) is 1. The Balaban J connectivity index is 1.99. The van der Waals surface area contributed by atoms with E-state index in [4.69, 9.17) is 0 Å². The maximum atomic E-state index is 9.78. The molecule has 1 aromatic heterocycles. The average molecular weight is 290 g/mol. The van der Waals surface area contributed by atoms with E-state index in [1.165, 1.54) is 0 Å². The van der Waals surface area contributed by atoms with Gasteiger partial charge in [0.1, 0.15) is 11.4 Å². The molecule has 0 atom stereocenters. The van der Waals surface area contributed by atoms with E-state index in [0.29, 0.717) is 5.69 Å². The largest absolute Gasteiger partial charge is 0.506 e. The summed E-state index contributed by atoms with van der Waals surface area (Å²) in [5, 5.41) is 9.78. The second-order valence-electron chi connectivity index (χ2n) is 5.24. The standard InChI is InChI=1S/C19H18N2O/c1-14-12-16(13-20-18-10-6-7-11-19(18)22)15(2)21(14)17-8-4-3-5-9-17/h3-13,22H,1-2H3. The number of benzene rings is 2. The summed E-state index contributed by atoms with van der Waals surface area (Å²) in [5.74, 6) is 0.190. The van der Waals surface area contributed by atoms with Gasteiger partial charge in [-0.05, 0) is 44.2 Å². The Morgan fingerprint density at radius 1 is 0.955 bits per heavy atom. The monoisotopic (exact) mass is 290 g/mol. The van der Waals surface area contributed by atoms with Crippen LogP contribution in [0.2, 0.25) is 0 Å². The Morgan fingerprint density at radius 3 is 2.36 bits per heavy atom. The third-order valence-electron chi connectivity index (χ3n) is 3.71. The highest BCUT2D eigenvalue weighted by Crippen LogP contribution is 2.25. The van der Waals surface area contributed by atoms with Crippen LogP contribution in [0.4, 0.5) is 5.69 Å². The van der Waals surface area contributed by atoms with Gasteiger partial charge >= 0.3 is 0 Å². The molecule has 0 aliphatic rings. The molecule has 0 fully saturated rings. The minimum absolute atomic E-state index is 0.190. The number of aromatic hydroxyl groups is 1. The number of aliphatic imine (C=N–C) groups is 1. The predicted molar refractivity (Wildman–Crippen MR) is 90.6 cm³/mol. The van der Waals surface area contributed by atoms with E-state index >= 15 is 0 Å². The summed E-state index contributed by atoms with van der Waals surface area (Å²) in [6.07, 6.45) is 1.80. The van der Waals surface area contributed by atoms with E-state index in [1.54, 1.807) is 24.4 Å². The molecule has 0 unspecified atom stereocenters. The van der Waals surface area contributed by atoms with Crippen molar-refractivity contribution in [3.8, 4) is 11.4 Å². The van der Waals surface area contributed by atoms with Gasteiger partial charge in [0.25, 0.3) is 0 Å². The van der Waals surface area contributed by atoms with Crippen molar-refractivity contribution < 1.29 is 5.11 Å². The number of hydrogen-bond acceptors (Lipinski definition) is 2. The molecule has 3 rings (SSSR count). The summed E-state index contributed by atoms with van der Waals surface area (Å²) >= 11 is 0. The van der Waals surface area contributed by atoms with Gasteiger partial charge in [-0.3, -0.25) is 4.99 Å². The Bertz CT molecular complexity index is 817. The van der Waals surface area contributed by atoms with Crippen molar-refractivity contribution in [3.63, 3.8) is 0 Å². The number of aromatic nitrogens is 1. The number of aryl methyl sites for hydroxylation is 1. The molecule has 3 nitrogen and oxygen atoms in total. The molecule has 0 aliphatic carbocycles. The molecular weight excluding hydrogens is 272 g/mol. The van der Waals surface area contributed by atoms with Crippen molar-refractivity contribution in [1.82, 2.24) is 4.57 Å². The van der Waals surface area contributed by atoms with Crippen LogP contribution in [0.3, 0.4) is 0 Å². The van der Waals surface area contributed by atoms with Crippen LogP contribution in [0.15, 0.2) is 65.7 Å². The highest BCUT2D eigenvalue weighted by atomic mass is 16.3. The first kappa shape index (κ1) is 14.1. The Kier molecular flexibility index (Phi) is 3.79. The Morgan fingerprint density at radius 2 is 1.64 bits per heavy atom. The van der Waals surface area contributed by atoms with Crippen molar-refractivity contribution in [2.45, 2.75) is 13.8 Å². The highest BCUT2D eigenvalue weighted by molar-refractivity contribution is 5.84. The molecule has 3 aromatic rings. The van der Waals surface area contributed by atoms with Crippen molar-refractivity contribution in [2.75, 3.05) is 0 Å². The number of nitrogens with zero attached hydrogens (tertiary/aromatic N) is 2. The van der Waals surface area contributed by atoms with Crippen molar-refractivity contribution >= 4 is 11.9 Å². The van der Waals surface area contributed by atoms with Crippen LogP contribution in [0.5, 0.6) is 5.75 Å². The van der Waals surface area contributed by atoms with Crippen LogP contribution in [-0.4, -0.2) is 15.9 Å². The SMILES string of the molecule is Cc1cc(C=Nc2ccccc2O)c(C)n1-c1ccccc1. The highest BCUT2D eigenvalue weighted by Gasteiger charge is 2.09. The molecule has 0 amide bonds. The van der Waals surface area contributed by atoms with Crippen molar-refractivity contribution in [3.05, 3.63) is 77.6 Å². The van der Waals surface area contributed by atoms with E-state index in [1.807, 2.05) is 24.3 Å². The maximum absolute atomic E-state index is 9.78. The second kappa shape index (κ2) is 5.90. The molecule has 1 heterocycles. The molecule has 1 N–H and O–H groups in total. The molecule has 0 saturated heterocycles. The summed E-state index contributed by atoms with van der Waals surface area (Å²) < 4.78 is 2.20. The summed E-state index contributed by atoms with van der Waals surface area (Å²) in [5.41, 5.74) is 5.04. The zero-order valence-corrected chi connectivity index (χ0v) is 12.7. The average Bonchev–Trinajstić information content (AvgIpc) is 2.81. The fourth-order valence-electron chi connectivity index (χ4n) is 2.61. The molecule has 0 aliphatic heterocycles. The van der Waals surface area contributed by atoms with E-state index in [2.05, 4.69) is 41.6 Å². The first-order valence-electron chi connectivity index (χ1n) is 7.23. The summed E-state index contributed by atoms with van der Waals surface area (Å²) in [6, 6.07) is 19.4. The normalized spacial score (nSPS) is 11.2. The van der Waals surface area contributed by atoms with Gasteiger partial charge in [-0.1, -0.05) is 30.3 Å². The van der Waals surface area contributed by atoms with Gasteiger partial charge in [-0.25, -0.2) is 0 Å². The third kappa shape index (κ3) is 2.66. The molecule has 0 saturated carbocycles. The fraction of sp³-hybridized carbons (Fsp3) is 0.105. The molecule has 0 spiro atoms. The Hall–Kier alpha value is -2.81. The van der Waals surface area contributed by atoms with Crippen LogP contribution in [-0.2, 0) is 0 Å². The van der Waals surface area contributed by atoms with Gasteiger partial charge in [0.05, 0.1) is 0 Å². The lowest BCUT2D eigenvalue weighted by atomic mass is 10.2. The van der Waals surface area contributed by atoms with E-state index in [-0.39, 0.29) is 5.75 Å². The minimum Gasteiger partial charge on any atom is -0.506 e. The van der Waals surface area contributed by atoms with E-state index in [9.17, 15) is 5.11 Å². The van der Waals surface area contributed by atoms with Gasteiger partial charge in [-0.15, -0.1) is 0 Å². The Labute approximate surface area is 130 Å². The molecule has 2 aromatic carbocycles. The van der Waals surface area contributed by atoms with Gasteiger partial charge < -0.3 is 9.67 Å². The second-order valence-corrected chi connectivity index (χ2v) is 5.24. The van der Waals surface area contributed by atoms with Gasteiger partial charge in [0, 0.05) is 28.9 Å². The molecule has 0 bridgehead atoms. The number of para-hydroxylation sites is 3. The van der Waals surface area contributed by atoms with Crippen LogP contribution >= 0.6 is 0 Å². The zero-order chi connectivity index (χ0) is 15.5. The van der Waals surface area contributed by atoms with Crippen LogP contribution in [0.1, 0.15) is 17.0 Å². The van der Waals surface area contributed by atoms with Crippen LogP contribution in [0.25, 0.3) is 5.69 Å².